The molecule has 0 aliphatic carbocycles. The van der Waals surface area contributed by atoms with E-state index in [0.29, 0.717) is 18.6 Å². The summed E-state index contributed by atoms with van der Waals surface area (Å²) in [5.41, 5.74) is 0. The maximum Gasteiger partial charge on any atom is 0.156 e. The number of morpholine rings is 1. The van der Waals surface area contributed by atoms with Crippen LogP contribution in [0.15, 0.2) is 0 Å². The van der Waals surface area contributed by atoms with Gasteiger partial charge in [0.05, 0.1) is 12.7 Å². The summed E-state index contributed by atoms with van der Waals surface area (Å²) >= 11 is 0. The number of rotatable bonds is 2. The molecule has 0 radical (unpaired) electrons. The Morgan fingerprint density at radius 3 is 2.69 bits per heavy atom. The van der Waals surface area contributed by atoms with E-state index in [4.69, 9.17) is 10.00 Å². The van der Waals surface area contributed by atoms with Crippen molar-refractivity contribution in [3.63, 3.8) is 0 Å². The van der Waals surface area contributed by atoms with Crippen molar-refractivity contribution in [3.8, 4) is 6.07 Å². The number of nitrogens with zero attached hydrogens (tertiary/aromatic N) is 2. The first kappa shape index (κ1) is 10.5. The lowest BCUT2D eigenvalue weighted by atomic mass is 10.0. The van der Waals surface area contributed by atoms with Gasteiger partial charge in [-0.25, -0.2) is 0 Å². The van der Waals surface area contributed by atoms with Gasteiger partial charge in [0.25, 0.3) is 0 Å². The van der Waals surface area contributed by atoms with Gasteiger partial charge in [-0.2, -0.15) is 5.26 Å². The molecule has 1 fully saturated rings. The fourth-order valence-electron chi connectivity index (χ4n) is 1.54. The maximum absolute atomic E-state index is 8.73. The molecular weight excluding hydrogens is 164 g/mol. The third-order valence-electron chi connectivity index (χ3n) is 2.78. The molecule has 1 aliphatic heterocycles. The number of hydrogen-bond acceptors (Lipinski definition) is 3. The van der Waals surface area contributed by atoms with Crippen LogP contribution in [-0.2, 0) is 4.74 Å². The minimum atomic E-state index is -0.227. The molecule has 0 aromatic rings. The Labute approximate surface area is 80.3 Å². The zero-order chi connectivity index (χ0) is 9.84. The van der Waals surface area contributed by atoms with E-state index in [1.165, 1.54) is 0 Å². The van der Waals surface area contributed by atoms with Crippen molar-refractivity contribution in [2.75, 3.05) is 19.7 Å². The van der Waals surface area contributed by atoms with Crippen molar-refractivity contribution in [2.24, 2.45) is 5.92 Å². The normalized spacial score (nSPS) is 27.2. The molecule has 2 atom stereocenters. The first-order valence-corrected chi connectivity index (χ1v) is 4.90. The third-order valence-corrected chi connectivity index (χ3v) is 2.78. The fraction of sp³-hybridized carbons (Fsp3) is 0.900. The molecule has 0 saturated carbocycles. The van der Waals surface area contributed by atoms with E-state index < -0.39 is 0 Å². The van der Waals surface area contributed by atoms with E-state index in [-0.39, 0.29) is 6.10 Å². The SMILES string of the molecule is CC(C)C(C)N1CCOC(C#N)C1. The largest absolute Gasteiger partial charge is 0.361 e. The second-order valence-electron chi connectivity index (χ2n) is 3.97. The second kappa shape index (κ2) is 4.59. The molecule has 3 heteroatoms. The third kappa shape index (κ3) is 2.68. The molecule has 0 aromatic heterocycles. The highest BCUT2D eigenvalue weighted by Gasteiger charge is 2.24. The molecule has 1 aliphatic rings. The summed E-state index contributed by atoms with van der Waals surface area (Å²) in [6.07, 6.45) is -0.227. The van der Waals surface area contributed by atoms with Crippen molar-refractivity contribution in [1.29, 1.82) is 5.26 Å². The molecule has 13 heavy (non-hydrogen) atoms. The average molecular weight is 182 g/mol. The van der Waals surface area contributed by atoms with Crippen molar-refractivity contribution < 1.29 is 4.74 Å². The minimum absolute atomic E-state index is 0.227. The van der Waals surface area contributed by atoms with Crippen LogP contribution in [0.1, 0.15) is 20.8 Å². The van der Waals surface area contributed by atoms with Crippen LogP contribution in [0.3, 0.4) is 0 Å². The topological polar surface area (TPSA) is 36.3 Å². The van der Waals surface area contributed by atoms with E-state index in [1.54, 1.807) is 0 Å². The van der Waals surface area contributed by atoms with Crippen LogP contribution in [0.4, 0.5) is 0 Å². The quantitative estimate of drug-likeness (QED) is 0.645. The Morgan fingerprint density at radius 1 is 1.46 bits per heavy atom. The highest BCUT2D eigenvalue weighted by atomic mass is 16.5. The zero-order valence-electron chi connectivity index (χ0n) is 8.66. The molecular formula is C10H18N2O. The highest BCUT2D eigenvalue weighted by Crippen LogP contribution is 2.14. The van der Waals surface area contributed by atoms with Crippen LogP contribution in [-0.4, -0.2) is 36.7 Å². The number of ether oxygens (including phenoxy) is 1. The highest BCUT2D eigenvalue weighted by molar-refractivity contribution is 4.90. The van der Waals surface area contributed by atoms with Gasteiger partial charge in [0.15, 0.2) is 6.10 Å². The molecule has 0 spiro atoms. The van der Waals surface area contributed by atoms with Gasteiger partial charge in [0.1, 0.15) is 0 Å². The van der Waals surface area contributed by atoms with Gasteiger partial charge in [0, 0.05) is 19.1 Å². The maximum atomic E-state index is 8.73. The van der Waals surface area contributed by atoms with Crippen molar-refractivity contribution in [1.82, 2.24) is 4.90 Å². The Balaban J connectivity index is 2.47. The summed E-state index contributed by atoms with van der Waals surface area (Å²) < 4.78 is 5.28. The Bertz CT molecular complexity index is 198. The molecule has 1 heterocycles. The predicted molar refractivity (Wildman–Crippen MR) is 51.2 cm³/mol. The zero-order valence-corrected chi connectivity index (χ0v) is 8.66. The lowest BCUT2D eigenvalue weighted by Crippen LogP contribution is -2.47. The fourth-order valence-corrected chi connectivity index (χ4v) is 1.54. The molecule has 0 bridgehead atoms. The van der Waals surface area contributed by atoms with Crippen molar-refractivity contribution in [2.45, 2.75) is 32.9 Å². The van der Waals surface area contributed by atoms with E-state index in [9.17, 15) is 0 Å². The Kier molecular flexibility index (Phi) is 3.71. The molecule has 0 aromatic carbocycles. The summed E-state index contributed by atoms with van der Waals surface area (Å²) in [4.78, 5) is 2.34. The van der Waals surface area contributed by atoms with Gasteiger partial charge in [0.2, 0.25) is 0 Å². The van der Waals surface area contributed by atoms with Crippen LogP contribution in [0.25, 0.3) is 0 Å². The molecule has 3 nitrogen and oxygen atoms in total. The molecule has 0 amide bonds. The van der Waals surface area contributed by atoms with Crippen molar-refractivity contribution >= 4 is 0 Å². The lowest BCUT2D eigenvalue weighted by Gasteiger charge is -2.36. The lowest BCUT2D eigenvalue weighted by molar-refractivity contribution is -0.0213. The van der Waals surface area contributed by atoms with Crippen LogP contribution in [0, 0.1) is 17.2 Å². The molecule has 2 unspecified atom stereocenters. The number of hydrogen-bond donors (Lipinski definition) is 0. The molecule has 1 rings (SSSR count). The summed E-state index contributed by atoms with van der Waals surface area (Å²) in [6.45, 7) is 9.04. The first-order valence-electron chi connectivity index (χ1n) is 4.90. The van der Waals surface area contributed by atoms with E-state index in [0.717, 1.165) is 13.1 Å². The van der Waals surface area contributed by atoms with Gasteiger partial charge in [-0.3, -0.25) is 4.90 Å². The molecule has 0 N–H and O–H groups in total. The second-order valence-corrected chi connectivity index (χ2v) is 3.97. The van der Waals surface area contributed by atoms with E-state index in [2.05, 4.69) is 31.7 Å². The predicted octanol–water partition coefficient (Wildman–Crippen LogP) is 1.26. The summed E-state index contributed by atoms with van der Waals surface area (Å²) in [6, 6.07) is 2.71. The van der Waals surface area contributed by atoms with E-state index in [1.807, 2.05) is 0 Å². The van der Waals surface area contributed by atoms with Crippen LogP contribution < -0.4 is 0 Å². The Hall–Kier alpha value is -0.590. The molecule has 74 valence electrons. The average Bonchev–Trinajstić information content (AvgIpc) is 2.16. The van der Waals surface area contributed by atoms with Crippen molar-refractivity contribution in [3.05, 3.63) is 0 Å². The van der Waals surface area contributed by atoms with E-state index >= 15 is 0 Å². The summed E-state index contributed by atoms with van der Waals surface area (Å²) in [5, 5.41) is 8.73. The van der Waals surface area contributed by atoms with Gasteiger partial charge < -0.3 is 4.74 Å². The summed E-state index contributed by atoms with van der Waals surface area (Å²) in [5.74, 6) is 0.637. The van der Waals surface area contributed by atoms with Gasteiger partial charge >= 0.3 is 0 Å². The Morgan fingerprint density at radius 2 is 2.15 bits per heavy atom. The van der Waals surface area contributed by atoms with Gasteiger partial charge in [-0.05, 0) is 12.8 Å². The van der Waals surface area contributed by atoms with Gasteiger partial charge in [-0.1, -0.05) is 13.8 Å². The van der Waals surface area contributed by atoms with Crippen LogP contribution >= 0.6 is 0 Å². The minimum Gasteiger partial charge on any atom is -0.361 e. The molecule has 1 saturated heterocycles. The smallest absolute Gasteiger partial charge is 0.156 e. The standard InChI is InChI=1S/C10H18N2O/c1-8(2)9(3)12-4-5-13-10(6-11)7-12/h8-10H,4-5,7H2,1-3H3. The monoisotopic (exact) mass is 182 g/mol. The number of nitriles is 1. The van der Waals surface area contributed by atoms with Gasteiger partial charge in [-0.15, -0.1) is 0 Å². The first-order chi connectivity index (χ1) is 6.15. The van der Waals surface area contributed by atoms with Crippen LogP contribution in [0.5, 0.6) is 0 Å². The summed E-state index contributed by atoms with van der Waals surface area (Å²) in [7, 11) is 0. The van der Waals surface area contributed by atoms with Crippen LogP contribution in [0.2, 0.25) is 0 Å².